The maximum atomic E-state index is 11.1. The Hall–Kier alpha value is -1.36. The average Bonchev–Trinajstić information content (AvgIpc) is 2.75. The molecule has 1 saturated heterocycles. The van der Waals surface area contributed by atoms with E-state index in [-0.39, 0.29) is 11.9 Å². The third-order valence-corrected chi connectivity index (χ3v) is 2.72. The highest BCUT2D eigenvalue weighted by Gasteiger charge is 2.29. The van der Waals surface area contributed by atoms with E-state index in [4.69, 9.17) is 10.2 Å². The van der Waals surface area contributed by atoms with Crippen molar-refractivity contribution in [3.63, 3.8) is 0 Å². The molecule has 5 heteroatoms. The van der Waals surface area contributed by atoms with Gasteiger partial charge in [0.15, 0.2) is 5.89 Å². The number of aromatic nitrogens is 1. The van der Waals surface area contributed by atoms with Gasteiger partial charge in [-0.1, -0.05) is 0 Å². The Balaban J connectivity index is 2.02. The molecular weight excluding hydrogens is 194 g/mol. The van der Waals surface area contributed by atoms with Gasteiger partial charge in [0.25, 0.3) is 0 Å². The molecule has 2 rings (SSSR count). The minimum Gasteiger partial charge on any atom is -0.445 e. The second-order valence-corrected chi connectivity index (χ2v) is 3.88. The Morgan fingerprint density at radius 3 is 3.20 bits per heavy atom. The summed E-state index contributed by atoms with van der Waals surface area (Å²) in [6, 6.07) is -0.143. The van der Waals surface area contributed by atoms with Crippen molar-refractivity contribution in [2.75, 3.05) is 6.54 Å². The fraction of sp³-hybridized carbons (Fsp3) is 0.600. The molecule has 5 nitrogen and oxygen atoms in total. The van der Waals surface area contributed by atoms with Gasteiger partial charge in [0.2, 0.25) is 5.91 Å². The Morgan fingerprint density at radius 1 is 1.80 bits per heavy atom. The predicted octanol–water partition coefficient (Wildman–Crippen LogP) is 0.433. The minimum atomic E-state index is -0.247. The molecule has 0 bridgehead atoms. The summed E-state index contributed by atoms with van der Waals surface area (Å²) in [7, 11) is 0. The highest BCUT2D eigenvalue weighted by Crippen LogP contribution is 2.19. The Bertz CT molecular complexity index is 361. The number of carbonyl (C=O) groups is 1. The van der Waals surface area contributed by atoms with Crippen LogP contribution in [0.4, 0.5) is 0 Å². The number of nitrogens with zero attached hydrogens (tertiary/aromatic N) is 2. The van der Waals surface area contributed by atoms with Gasteiger partial charge in [-0.15, -0.1) is 0 Å². The molecule has 2 heterocycles. The number of nitrogens with two attached hydrogens (primary N) is 1. The molecule has 2 N–H and O–H groups in total. The topological polar surface area (TPSA) is 72.4 Å². The molecule has 0 aliphatic carbocycles. The molecule has 1 aliphatic rings. The second kappa shape index (κ2) is 4.02. The van der Waals surface area contributed by atoms with E-state index in [0.717, 1.165) is 25.1 Å². The molecule has 0 unspecified atom stereocenters. The van der Waals surface area contributed by atoms with Crippen LogP contribution in [-0.4, -0.2) is 28.4 Å². The van der Waals surface area contributed by atoms with Gasteiger partial charge in [-0.25, -0.2) is 4.98 Å². The maximum absolute atomic E-state index is 11.1. The number of hydrogen-bond donors (Lipinski definition) is 1. The van der Waals surface area contributed by atoms with Crippen molar-refractivity contribution in [2.45, 2.75) is 32.4 Å². The second-order valence-electron chi connectivity index (χ2n) is 3.88. The zero-order valence-electron chi connectivity index (χ0n) is 8.77. The lowest BCUT2D eigenvalue weighted by Gasteiger charge is -2.19. The molecule has 1 fully saturated rings. The zero-order valence-corrected chi connectivity index (χ0v) is 8.77. The summed E-state index contributed by atoms with van der Waals surface area (Å²) >= 11 is 0. The maximum Gasteiger partial charge on any atom is 0.234 e. The molecule has 1 aliphatic heterocycles. The quantitative estimate of drug-likeness (QED) is 0.783. The monoisotopic (exact) mass is 209 g/mol. The van der Waals surface area contributed by atoms with Crippen molar-refractivity contribution < 1.29 is 9.21 Å². The average molecular weight is 209 g/mol. The third-order valence-electron chi connectivity index (χ3n) is 2.72. The van der Waals surface area contributed by atoms with Crippen LogP contribution >= 0.6 is 0 Å². The highest BCUT2D eigenvalue weighted by atomic mass is 16.4. The summed E-state index contributed by atoms with van der Waals surface area (Å²) in [5.41, 5.74) is 5.32. The minimum absolute atomic E-state index is 0.143. The number of likely N-dealkylation sites (tertiary alicyclic amines) is 1. The van der Waals surface area contributed by atoms with Crippen molar-refractivity contribution in [1.82, 2.24) is 9.88 Å². The lowest BCUT2D eigenvalue weighted by molar-refractivity contribution is -0.122. The van der Waals surface area contributed by atoms with Crippen LogP contribution < -0.4 is 5.73 Å². The Kier molecular flexibility index (Phi) is 2.73. The van der Waals surface area contributed by atoms with Crippen LogP contribution in [0.25, 0.3) is 0 Å². The fourth-order valence-corrected chi connectivity index (χ4v) is 2.02. The van der Waals surface area contributed by atoms with Gasteiger partial charge in [0.05, 0.1) is 18.8 Å². The van der Waals surface area contributed by atoms with E-state index in [0.29, 0.717) is 12.4 Å². The molecule has 15 heavy (non-hydrogen) atoms. The molecule has 82 valence electrons. The van der Waals surface area contributed by atoms with Gasteiger partial charge in [-0.05, 0) is 19.4 Å². The van der Waals surface area contributed by atoms with Crippen LogP contribution in [-0.2, 0) is 11.3 Å². The molecule has 0 spiro atoms. The van der Waals surface area contributed by atoms with Crippen LogP contribution in [0.3, 0.4) is 0 Å². The molecule has 1 atom stereocenters. The van der Waals surface area contributed by atoms with Crippen LogP contribution in [0, 0.1) is 6.92 Å². The van der Waals surface area contributed by atoms with Gasteiger partial charge in [0, 0.05) is 6.92 Å². The van der Waals surface area contributed by atoms with E-state index in [1.807, 2.05) is 4.90 Å². The lowest BCUT2D eigenvalue weighted by Crippen LogP contribution is -2.39. The first-order chi connectivity index (χ1) is 7.16. The molecule has 0 saturated carbocycles. The molecule has 1 amide bonds. The molecule has 0 radical (unpaired) electrons. The van der Waals surface area contributed by atoms with Crippen LogP contribution in [0.5, 0.6) is 0 Å². The van der Waals surface area contributed by atoms with Crippen molar-refractivity contribution in [3.8, 4) is 0 Å². The van der Waals surface area contributed by atoms with Crippen molar-refractivity contribution in [1.29, 1.82) is 0 Å². The number of amides is 1. The van der Waals surface area contributed by atoms with Crippen LogP contribution in [0.2, 0.25) is 0 Å². The normalized spacial score (nSPS) is 22.1. The number of primary amides is 1. The smallest absolute Gasteiger partial charge is 0.234 e. The number of aryl methyl sites for hydroxylation is 1. The summed E-state index contributed by atoms with van der Waals surface area (Å²) in [6.07, 6.45) is 3.56. The largest absolute Gasteiger partial charge is 0.445 e. The van der Waals surface area contributed by atoms with E-state index >= 15 is 0 Å². The van der Waals surface area contributed by atoms with E-state index in [2.05, 4.69) is 4.98 Å². The van der Waals surface area contributed by atoms with Crippen molar-refractivity contribution in [2.24, 2.45) is 5.73 Å². The molecule has 1 aromatic heterocycles. The van der Waals surface area contributed by atoms with E-state index in [1.54, 1.807) is 13.1 Å². The Labute approximate surface area is 88.3 Å². The third kappa shape index (κ3) is 2.18. The lowest BCUT2D eigenvalue weighted by atomic mass is 10.2. The van der Waals surface area contributed by atoms with Gasteiger partial charge < -0.3 is 10.2 Å². The Morgan fingerprint density at radius 2 is 2.60 bits per heavy atom. The zero-order chi connectivity index (χ0) is 10.8. The fourth-order valence-electron chi connectivity index (χ4n) is 2.02. The summed E-state index contributed by atoms with van der Waals surface area (Å²) < 4.78 is 5.37. The molecule has 1 aromatic rings. The van der Waals surface area contributed by atoms with E-state index in [9.17, 15) is 4.79 Å². The first-order valence-electron chi connectivity index (χ1n) is 5.11. The standard InChI is InChI=1S/C10H15N3O2/c1-7-12-5-8(15-7)6-13-4-2-3-9(13)10(11)14/h5,9H,2-4,6H2,1H3,(H2,11,14)/t9-/m0/s1. The number of carbonyl (C=O) groups excluding carboxylic acids is 1. The SMILES string of the molecule is Cc1ncc(CN2CCC[C@H]2C(N)=O)o1. The van der Waals surface area contributed by atoms with Gasteiger partial charge in [-0.3, -0.25) is 9.69 Å². The van der Waals surface area contributed by atoms with Crippen LogP contribution in [0.1, 0.15) is 24.5 Å². The van der Waals surface area contributed by atoms with Crippen LogP contribution in [0.15, 0.2) is 10.6 Å². The molecule has 0 aromatic carbocycles. The summed E-state index contributed by atoms with van der Waals surface area (Å²) in [5, 5.41) is 0. The highest BCUT2D eigenvalue weighted by molar-refractivity contribution is 5.80. The summed E-state index contributed by atoms with van der Waals surface area (Å²) in [6.45, 7) is 3.32. The summed E-state index contributed by atoms with van der Waals surface area (Å²) in [5.74, 6) is 1.20. The van der Waals surface area contributed by atoms with E-state index in [1.165, 1.54) is 0 Å². The molecular formula is C10H15N3O2. The first-order valence-corrected chi connectivity index (χ1v) is 5.11. The van der Waals surface area contributed by atoms with E-state index < -0.39 is 0 Å². The van der Waals surface area contributed by atoms with Gasteiger partial charge in [0.1, 0.15) is 5.76 Å². The number of rotatable bonds is 3. The number of oxazole rings is 1. The summed E-state index contributed by atoms with van der Waals surface area (Å²) in [4.78, 5) is 17.2. The predicted molar refractivity (Wildman–Crippen MR) is 53.9 cm³/mol. The van der Waals surface area contributed by atoms with Crippen molar-refractivity contribution >= 4 is 5.91 Å². The number of hydrogen-bond acceptors (Lipinski definition) is 4. The van der Waals surface area contributed by atoms with Gasteiger partial charge >= 0.3 is 0 Å². The van der Waals surface area contributed by atoms with Crippen molar-refractivity contribution in [3.05, 3.63) is 17.8 Å². The van der Waals surface area contributed by atoms with Gasteiger partial charge in [-0.2, -0.15) is 0 Å². The first kappa shape index (κ1) is 10.2.